The maximum absolute atomic E-state index is 5.78. The number of nitrogens with one attached hydrogen (secondary N) is 1. The van der Waals surface area contributed by atoms with Crippen LogP contribution in [0.25, 0.3) is 0 Å². The highest BCUT2D eigenvalue weighted by Gasteiger charge is 2.09. The highest BCUT2D eigenvalue weighted by molar-refractivity contribution is 5.58. The van der Waals surface area contributed by atoms with Gasteiger partial charge in [0.1, 0.15) is 30.3 Å². The van der Waals surface area contributed by atoms with Crippen molar-refractivity contribution in [3.05, 3.63) is 36.7 Å². The van der Waals surface area contributed by atoms with Crippen LogP contribution >= 0.6 is 0 Å². The van der Waals surface area contributed by atoms with Gasteiger partial charge in [-0.3, -0.25) is 4.90 Å². The van der Waals surface area contributed by atoms with Gasteiger partial charge in [-0.25, -0.2) is 9.97 Å². The number of aromatic nitrogens is 2. The maximum Gasteiger partial charge on any atom is 0.135 e. The summed E-state index contributed by atoms with van der Waals surface area (Å²) in [6.07, 6.45) is 1.43. The third kappa shape index (κ3) is 4.80. The van der Waals surface area contributed by atoms with Crippen LogP contribution in [0.4, 0.5) is 17.3 Å². The minimum atomic E-state index is 0.436. The Kier molecular flexibility index (Phi) is 5.23. The van der Waals surface area contributed by atoms with Crippen molar-refractivity contribution in [1.29, 1.82) is 0 Å². The molecule has 3 rings (SSSR count). The number of hydrogen-bond donors (Lipinski definition) is 2. The van der Waals surface area contributed by atoms with Gasteiger partial charge in [-0.2, -0.15) is 0 Å². The largest absolute Gasteiger partial charge is 0.492 e. The van der Waals surface area contributed by atoms with Gasteiger partial charge < -0.3 is 20.5 Å². The molecule has 0 radical (unpaired) electrons. The number of benzene rings is 1. The average Bonchev–Trinajstić information content (AvgIpc) is 2.58. The van der Waals surface area contributed by atoms with Crippen LogP contribution < -0.4 is 15.8 Å². The Hall–Kier alpha value is -2.38. The van der Waals surface area contributed by atoms with Crippen molar-refractivity contribution < 1.29 is 9.47 Å². The molecule has 7 heteroatoms. The third-order valence-electron chi connectivity index (χ3n) is 3.59. The highest BCUT2D eigenvalue weighted by Crippen LogP contribution is 2.19. The summed E-state index contributed by atoms with van der Waals surface area (Å²) < 4.78 is 11.1. The Labute approximate surface area is 135 Å². The second-order valence-electron chi connectivity index (χ2n) is 5.28. The summed E-state index contributed by atoms with van der Waals surface area (Å²) in [4.78, 5) is 10.3. The SMILES string of the molecule is Nc1cc(Nc2ccc(OCCN3CCOCC3)cc2)ncn1. The standard InChI is InChI=1S/C16H21N5O2/c17-15-11-16(19-12-18-15)20-13-1-3-14(4-2-13)23-10-7-21-5-8-22-9-6-21/h1-4,11-12H,5-10H2,(H3,17,18,19,20). The highest BCUT2D eigenvalue weighted by atomic mass is 16.5. The first kappa shape index (κ1) is 15.5. The monoisotopic (exact) mass is 315 g/mol. The van der Waals surface area contributed by atoms with Gasteiger partial charge >= 0.3 is 0 Å². The zero-order valence-electron chi connectivity index (χ0n) is 12.9. The molecule has 1 fully saturated rings. The van der Waals surface area contributed by atoms with Crippen molar-refractivity contribution in [2.75, 3.05) is 50.5 Å². The topological polar surface area (TPSA) is 85.5 Å². The summed E-state index contributed by atoms with van der Waals surface area (Å²) >= 11 is 0. The molecule has 1 saturated heterocycles. The first-order chi connectivity index (χ1) is 11.3. The number of nitrogens with two attached hydrogens (primary N) is 1. The van der Waals surface area contributed by atoms with Crippen molar-refractivity contribution in [2.24, 2.45) is 0 Å². The number of ether oxygens (including phenoxy) is 2. The van der Waals surface area contributed by atoms with Crippen LogP contribution in [0, 0.1) is 0 Å². The molecular formula is C16H21N5O2. The fourth-order valence-electron chi connectivity index (χ4n) is 2.34. The lowest BCUT2D eigenvalue weighted by Gasteiger charge is -2.26. The Morgan fingerprint density at radius 3 is 2.70 bits per heavy atom. The number of morpholine rings is 1. The van der Waals surface area contributed by atoms with E-state index >= 15 is 0 Å². The molecule has 1 aliphatic heterocycles. The summed E-state index contributed by atoms with van der Waals surface area (Å²) in [5, 5.41) is 3.17. The molecule has 1 aromatic heterocycles. The normalized spacial score (nSPS) is 15.3. The molecule has 0 unspecified atom stereocenters. The molecule has 0 spiro atoms. The lowest BCUT2D eigenvalue weighted by molar-refractivity contribution is 0.0322. The van der Waals surface area contributed by atoms with Gasteiger partial charge in [-0.15, -0.1) is 0 Å². The predicted molar refractivity (Wildman–Crippen MR) is 88.9 cm³/mol. The summed E-state index contributed by atoms with van der Waals surface area (Å²) in [6, 6.07) is 9.45. The molecule has 0 saturated carbocycles. The van der Waals surface area contributed by atoms with Crippen molar-refractivity contribution in [3.8, 4) is 5.75 Å². The minimum Gasteiger partial charge on any atom is -0.492 e. The Bertz CT molecular complexity index is 614. The number of rotatable bonds is 6. The minimum absolute atomic E-state index is 0.436. The van der Waals surface area contributed by atoms with E-state index in [4.69, 9.17) is 15.2 Å². The van der Waals surface area contributed by atoms with Crippen LogP contribution in [-0.2, 0) is 4.74 Å². The fraction of sp³-hybridized carbons (Fsp3) is 0.375. The number of hydrogen-bond acceptors (Lipinski definition) is 7. The first-order valence-electron chi connectivity index (χ1n) is 7.67. The molecule has 122 valence electrons. The van der Waals surface area contributed by atoms with Gasteiger partial charge in [0.25, 0.3) is 0 Å². The van der Waals surface area contributed by atoms with E-state index in [0.717, 1.165) is 44.3 Å². The van der Waals surface area contributed by atoms with Gasteiger partial charge in [-0.05, 0) is 24.3 Å². The molecule has 2 heterocycles. The molecule has 2 aromatic rings. The summed E-state index contributed by atoms with van der Waals surface area (Å²) in [5.41, 5.74) is 6.55. The second kappa shape index (κ2) is 7.75. The zero-order chi connectivity index (χ0) is 15.9. The zero-order valence-corrected chi connectivity index (χ0v) is 12.9. The fourth-order valence-corrected chi connectivity index (χ4v) is 2.34. The molecule has 0 bridgehead atoms. The molecule has 0 aliphatic carbocycles. The first-order valence-corrected chi connectivity index (χ1v) is 7.67. The molecule has 1 aromatic carbocycles. The van der Waals surface area contributed by atoms with E-state index in [1.165, 1.54) is 6.33 Å². The summed E-state index contributed by atoms with van der Waals surface area (Å²) in [5.74, 6) is 1.95. The van der Waals surface area contributed by atoms with Crippen LogP contribution in [0.3, 0.4) is 0 Å². The van der Waals surface area contributed by atoms with Crippen LogP contribution in [0.5, 0.6) is 5.75 Å². The van der Waals surface area contributed by atoms with Crippen LogP contribution in [0.2, 0.25) is 0 Å². The molecule has 0 amide bonds. The van der Waals surface area contributed by atoms with Crippen molar-refractivity contribution in [2.45, 2.75) is 0 Å². The lowest BCUT2D eigenvalue weighted by atomic mass is 10.3. The molecule has 0 atom stereocenters. The van der Waals surface area contributed by atoms with E-state index in [9.17, 15) is 0 Å². The van der Waals surface area contributed by atoms with Crippen molar-refractivity contribution >= 4 is 17.3 Å². The van der Waals surface area contributed by atoms with Crippen molar-refractivity contribution in [3.63, 3.8) is 0 Å². The van der Waals surface area contributed by atoms with E-state index in [-0.39, 0.29) is 0 Å². The predicted octanol–water partition coefficient (Wildman–Crippen LogP) is 1.51. The van der Waals surface area contributed by atoms with E-state index in [0.29, 0.717) is 18.2 Å². The van der Waals surface area contributed by atoms with Crippen LogP contribution in [0.1, 0.15) is 0 Å². The van der Waals surface area contributed by atoms with E-state index in [2.05, 4.69) is 20.2 Å². The van der Waals surface area contributed by atoms with Gasteiger partial charge in [0.2, 0.25) is 0 Å². The molecule has 3 N–H and O–H groups in total. The van der Waals surface area contributed by atoms with Gasteiger partial charge in [0.05, 0.1) is 13.2 Å². The molecule has 7 nitrogen and oxygen atoms in total. The Balaban J connectivity index is 1.47. The van der Waals surface area contributed by atoms with Crippen LogP contribution in [-0.4, -0.2) is 54.3 Å². The average molecular weight is 315 g/mol. The van der Waals surface area contributed by atoms with Gasteiger partial charge in [0.15, 0.2) is 0 Å². The van der Waals surface area contributed by atoms with Gasteiger partial charge in [-0.1, -0.05) is 0 Å². The Morgan fingerprint density at radius 2 is 1.96 bits per heavy atom. The van der Waals surface area contributed by atoms with Gasteiger partial charge in [0, 0.05) is 31.4 Å². The third-order valence-corrected chi connectivity index (χ3v) is 3.59. The molecular weight excluding hydrogens is 294 g/mol. The number of nitrogen functional groups attached to an aromatic ring is 1. The van der Waals surface area contributed by atoms with E-state index < -0.39 is 0 Å². The molecule has 23 heavy (non-hydrogen) atoms. The van der Waals surface area contributed by atoms with E-state index in [1.54, 1.807) is 6.07 Å². The van der Waals surface area contributed by atoms with E-state index in [1.807, 2.05) is 24.3 Å². The quantitative estimate of drug-likeness (QED) is 0.835. The Morgan fingerprint density at radius 1 is 1.17 bits per heavy atom. The summed E-state index contributed by atoms with van der Waals surface area (Å²) in [6.45, 7) is 5.18. The molecule has 1 aliphatic rings. The second-order valence-corrected chi connectivity index (χ2v) is 5.28. The maximum atomic E-state index is 5.78. The number of anilines is 3. The smallest absolute Gasteiger partial charge is 0.135 e. The summed E-state index contributed by atoms with van der Waals surface area (Å²) in [7, 11) is 0. The lowest BCUT2D eigenvalue weighted by Crippen LogP contribution is -2.38. The van der Waals surface area contributed by atoms with Crippen LogP contribution in [0.15, 0.2) is 36.7 Å². The van der Waals surface area contributed by atoms with Crippen molar-refractivity contribution in [1.82, 2.24) is 14.9 Å². The number of nitrogens with zero attached hydrogens (tertiary/aromatic N) is 3.